The highest BCUT2D eigenvalue weighted by atomic mass is 19.4. The van der Waals surface area contributed by atoms with Crippen LogP contribution in [0.1, 0.15) is 38.3 Å². The molecule has 3 N–H and O–H groups in total. The highest BCUT2D eigenvalue weighted by Crippen LogP contribution is 2.40. The molecular formula is C19H23F3N4O2. The number of hydrogen-bond acceptors (Lipinski definition) is 6. The van der Waals surface area contributed by atoms with Crippen molar-refractivity contribution in [3.8, 4) is 5.75 Å². The standard InChI is InChI=1S/C19H23F3N4O2/c1-11(2)16(10-27)25-18-24-15(12-6-7-12)9-17(26-18)23-13-4-3-5-14(8-13)28-19(20,21)22/h3-5,8-9,11-12,16,27H,6-7,10H2,1-2H3,(H2,23,24,25,26)/t16-/m0/s1. The topological polar surface area (TPSA) is 79.3 Å². The van der Waals surface area contributed by atoms with Gasteiger partial charge in [-0.3, -0.25) is 0 Å². The lowest BCUT2D eigenvalue weighted by Gasteiger charge is -2.20. The number of nitrogens with zero attached hydrogens (tertiary/aromatic N) is 2. The summed E-state index contributed by atoms with van der Waals surface area (Å²) in [4.78, 5) is 8.93. The summed E-state index contributed by atoms with van der Waals surface area (Å²) >= 11 is 0. The zero-order valence-corrected chi connectivity index (χ0v) is 15.6. The van der Waals surface area contributed by atoms with Gasteiger partial charge in [0.15, 0.2) is 0 Å². The lowest BCUT2D eigenvalue weighted by Crippen LogP contribution is -2.30. The molecule has 1 aromatic heterocycles. The van der Waals surface area contributed by atoms with E-state index in [1.807, 2.05) is 13.8 Å². The van der Waals surface area contributed by atoms with Crippen LogP contribution in [-0.4, -0.2) is 34.1 Å². The molecule has 0 aliphatic heterocycles. The van der Waals surface area contributed by atoms with Gasteiger partial charge in [-0.05, 0) is 30.9 Å². The number of aliphatic hydroxyl groups is 1. The van der Waals surface area contributed by atoms with Crippen molar-refractivity contribution in [3.05, 3.63) is 36.0 Å². The minimum absolute atomic E-state index is 0.0612. The van der Waals surface area contributed by atoms with Crippen molar-refractivity contribution in [2.24, 2.45) is 5.92 Å². The molecule has 3 rings (SSSR count). The Labute approximate surface area is 161 Å². The lowest BCUT2D eigenvalue weighted by atomic mass is 10.1. The van der Waals surface area contributed by atoms with E-state index in [2.05, 4.69) is 25.3 Å². The maximum atomic E-state index is 12.4. The van der Waals surface area contributed by atoms with Crippen LogP contribution in [0.2, 0.25) is 0 Å². The molecule has 6 nitrogen and oxygen atoms in total. The third-order valence-corrected chi connectivity index (χ3v) is 4.40. The highest BCUT2D eigenvalue weighted by molar-refractivity contribution is 5.60. The fourth-order valence-corrected chi connectivity index (χ4v) is 2.69. The third-order valence-electron chi connectivity index (χ3n) is 4.40. The Kier molecular flexibility index (Phi) is 5.93. The Morgan fingerprint density at radius 3 is 2.57 bits per heavy atom. The first-order chi connectivity index (χ1) is 13.2. The predicted molar refractivity (Wildman–Crippen MR) is 99.7 cm³/mol. The van der Waals surface area contributed by atoms with Gasteiger partial charge in [0.2, 0.25) is 5.95 Å². The minimum atomic E-state index is -4.75. The Hall–Kier alpha value is -2.55. The number of hydrogen-bond donors (Lipinski definition) is 3. The molecule has 0 radical (unpaired) electrons. The van der Waals surface area contributed by atoms with Crippen LogP contribution in [0.25, 0.3) is 0 Å². The smallest absolute Gasteiger partial charge is 0.406 e. The van der Waals surface area contributed by atoms with Crippen molar-refractivity contribution in [3.63, 3.8) is 0 Å². The number of rotatable bonds is 8. The predicted octanol–water partition coefficient (Wildman–Crippen LogP) is 4.43. The Morgan fingerprint density at radius 1 is 1.21 bits per heavy atom. The van der Waals surface area contributed by atoms with Crippen molar-refractivity contribution in [1.82, 2.24) is 9.97 Å². The largest absolute Gasteiger partial charge is 0.573 e. The molecule has 0 bridgehead atoms. The van der Waals surface area contributed by atoms with Gasteiger partial charge in [-0.15, -0.1) is 13.2 Å². The van der Waals surface area contributed by atoms with Gasteiger partial charge in [-0.2, -0.15) is 4.98 Å². The molecular weight excluding hydrogens is 373 g/mol. The van der Waals surface area contributed by atoms with Gasteiger partial charge in [0.25, 0.3) is 0 Å². The summed E-state index contributed by atoms with van der Waals surface area (Å²) in [5, 5.41) is 15.7. The molecule has 1 fully saturated rings. The number of ether oxygens (including phenoxy) is 1. The molecule has 0 amide bonds. The van der Waals surface area contributed by atoms with Gasteiger partial charge in [0.1, 0.15) is 11.6 Å². The highest BCUT2D eigenvalue weighted by Gasteiger charge is 2.31. The lowest BCUT2D eigenvalue weighted by molar-refractivity contribution is -0.274. The Morgan fingerprint density at radius 2 is 1.96 bits per heavy atom. The molecule has 152 valence electrons. The summed E-state index contributed by atoms with van der Waals surface area (Å²) in [6, 6.07) is 7.17. The second-order valence-electron chi connectivity index (χ2n) is 7.15. The van der Waals surface area contributed by atoms with Crippen LogP contribution in [-0.2, 0) is 0 Å². The number of anilines is 3. The normalized spacial score (nSPS) is 15.4. The van der Waals surface area contributed by atoms with Gasteiger partial charge in [0.05, 0.1) is 18.3 Å². The van der Waals surface area contributed by atoms with Crippen LogP contribution < -0.4 is 15.4 Å². The van der Waals surface area contributed by atoms with Crippen LogP contribution in [0, 0.1) is 5.92 Å². The van der Waals surface area contributed by atoms with E-state index >= 15 is 0 Å². The van der Waals surface area contributed by atoms with Crippen molar-refractivity contribution < 1.29 is 23.0 Å². The summed E-state index contributed by atoms with van der Waals surface area (Å²) in [7, 11) is 0. The van der Waals surface area contributed by atoms with Crippen LogP contribution in [0.4, 0.5) is 30.6 Å². The summed E-state index contributed by atoms with van der Waals surface area (Å²) in [5.41, 5.74) is 1.28. The van der Waals surface area contributed by atoms with Gasteiger partial charge >= 0.3 is 6.36 Å². The van der Waals surface area contributed by atoms with E-state index in [1.54, 1.807) is 12.1 Å². The molecule has 9 heteroatoms. The third kappa shape index (κ3) is 5.72. The summed E-state index contributed by atoms with van der Waals surface area (Å²) < 4.78 is 41.2. The number of benzene rings is 1. The summed E-state index contributed by atoms with van der Waals surface area (Å²) in [6.45, 7) is 3.89. The summed E-state index contributed by atoms with van der Waals surface area (Å²) in [5.74, 6) is 1.06. The molecule has 0 unspecified atom stereocenters. The molecule has 0 spiro atoms. The zero-order chi connectivity index (χ0) is 20.3. The Balaban J connectivity index is 1.82. The molecule has 1 atom stereocenters. The van der Waals surface area contributed by atoms with E-state index in [0.29, 0.717) is 23.4 Å². The van der Waals surface area contributed by atoms with E-state index in [0.717, 1.165) is 18.5 Å². The fourth-order valence-electron chi connectivity index (χ4n) is 2.69. The number of aliphatic hydroxyl groups excluding tert-OH is 1. The second kappa shape index (κ2) is 8.22. The van der Waals surface area contributed by atoms with E-state index in [1.165, 1.54) is 18.2 Å². The first-order valence-corrected chi connectivity index (χ1v) is 9.12. The number of halogens is 3. The van der Waals surface area contributed by atoms with Gasteiger partial charge < -0.3 is 20.5 Å². The van der Waals surface area contributed by atoms with E-state index in [-0.39, 0.29) is 24.3 Å². The van der Waals surface area contributed by atoms with Crippen LogP contribution in [0.15, 0.2) is 30.3 Å². The molecule has 1 aliphatic rings. The molecule has 1 heterocycles. The molecule has 0 saturated heterocycles. The maximum absolute atomic E-state index is 12.4. The monoisotopic (exact) mass is 396 g/mol. The average molecular weight is 396 g/mol. The molecule has 1 aliphatic carbocycles. The zero-order valence-electron chi connectivity index (χ0n) is 15.6. The van der Waals surface area contributed by atoms with Crippen molar-refractivity contribution >= 4 is 17.5 Å². The van der Waals surface area contributed by atoms with Crippen molar-refractivity contribution in [1.29, 1.82) is 0 Å². The molecule has 1 aromatic carbocycles. The van der Waals surface area contributed by atoms with Gasteiger partial charge in [-0.25, -0.2) is 4.98 Å². The molecule has 1 saturated carbocycles. The number of aromatic nitrogens is 2. The van der Waals surface area contributed by atoms with Gasteiger partial charge in [0, 0.05) is 23.7 Å². The van der Waals surface area contributed by atoms with Crippen LogP contribution in [0.5, 0.6) is 5.75 Å². The average Bonchev–Trinajstić information content (AvgIpc) is 3.43. The molecule has 2 aromatic rings. The van der Waals surface area contributed by atoms with E-state index in [4.69, 9.17) is 0 Å². The van der Waals surface area contributed by atoms with E-state index in [9.17, 15) is 18.3 Å². The van der Waals surface area contributed by atoms with E-state index < -0.39 is 6.36 Å². The van der Waals surface area contributed by atoms with Crippen LogP contribution in [0.3, 0.4) is 0 Å². The van der Waals surface area contributed by atoms with Crippen LogP contribution >= 0.6 is 0 Å². The fraction of sp³-hybridized carbons (Fsp3) is 0.474. The second-order valence-corrected chi connectivity index (χ2v) is 7.15. The quantitative estimate of drug-likeness (QED) is 0.613. The summed E-state index contributed by atoms with van der Waals surface area (Å²) in [6.07, 6.45) is -2.67. The number of nitrogens with one attached hydrogen (secondary N) is 2. The number of alkyl halides is 3. The molecule has 28 heavy (non-hydrogen) atoms. The Bertz CT molecular complexity index is 810. The SMILES string of the molecule is CC(C)[C@H](CO)Nc1nc(Nc2cccc(OC(F)(F)F)c2)cc(C2CC2)n1. The first-order valence-electron chi connectivity index (χ1n) is 9.12. The van der Waals surface area contributed by atoms with Crippen molar-refractivity contribution in [2.75, 3.05) is 17.2 Å². The minimum Gasteiger partial charge on any atom is -0.406 e. The maximum Gasteiger partial charge on any atom is 0.573 e. The van der Waals surface area contributed by atoms with Gasteiger partial charge in [-0.1, -0.05) is 19.9 Å². The van der Waals surface area contributed by atoms with Crippen molar-refractivity contribution in [2.45, 2.75) is 45.0 Å². The first kappa shape index (κ1) is 20.2.